The lowest BCUT2D eigenvalue weighted by Crippen LogP contribution is -2.39. The molecule has 4 heteroatoms. The minimum atomic E-state index is 0.305. The molecular formula is C23H31IO3. The van der Waals surface area contributed by atoms with Gasteiger partial charge >= 0.3 is 0 Å². The lowest BCUT2D eigenvalue weighted by Gasteiger charge is -2.36. The predicted molar refractivity (Wildman–Crippen MR) is 120 cm³/mol. The first-order valence-corrected chi connectivity index (χ1v) is 10.6. The van der Waals surface area contributed by atoms with Crippen molar-refractivity contribution in [3.8, 4) is 11.8 Å². The number of benzene rings is 1. The highest BCUT2D eigenvalue weighted by molar-refractivity contribution is 14.1. The van der Waals surface area contributed by atoms with Crippen LogP contribution in [0.2, 0.25) is 0 Å². The molecule has 0 heterocycles. The summed E-state index contributed by atoms with van der Waals surface area (Å²) in [6.07, 6.45) is 7.30. The van der Waals surface area contributed by atoms with Crippen LogP contribution in [-0.4, -0.2) is 32.0 Å². The summed E-state index contributed by atoms with van der Waals surface area (Å²) in [6.45, 7) is 9.08. The number of aryl methyl sites for hydroxylation is 1. The van der Waals surface area contributed by atoms with Crippen molar-refractivity contribution in [2.24, 2.45) is 0 Å². The summed E-state index contributed by atoms with van der Waals surface area (Å²) in [4.78, 5) is 0. The highest BCUT2D eigenvalue weighted by Gasteiger charge is 2.31. The van der Waals surface area contributed by atoms with E-state index in [1.165, 1.54) is 11.1 Å². The molecular weight excluding hydrogens is 451 g/mol. The van der Waals surface area contributed by atoms with Crippen LogP contribution >= 0.6 is 23.0 Å². The third kappa shape index (κ3) is 7.57. The third-order valence-corrected chi connectivity index (χ3v) is 5.30. The lowest BCUT2D eigenvalue weighted by atomic mass is 9.91. The van der Waals surface area contributed by atoms with E-state index in [1.54, 1.807) is 7.11 Å². The van der Waals surface area contributed by atoms with Gasteiger partial charge in [0, 0.05) is 12.7 Å². The predicted octanol–water partition coefficient (Wildman–Crippen LogP) is 5.87. The maximum absolute atomic E-state index is 6.30. The molecule has 1 fully saturated rings. The Morgan fingerprint density at radius 3 is 2.70 bits per heavy atom. The van der Waals surface area contributed by atoms with Gasteiger partial charge in [-0.25, -0.2) is 0 Å². The molecule has 0 saturated heterocycles. The number of ether oxygens (including phenoxy) is 2. The molecule has 1 aromatic carbocycles. The van der Waals surface area contributed by atoms with Crippen LogP contribution in [0.4, 0.5) is 0 Å². The molecule has 0 aromatic heterocycles. The molecule has 0 aliphatic heterocycles. The highest BCUT2D eigenvalue weighted by atomic mass is 127. The Kier molecular flexibility index (Phi) is 9.84. The van der Waals surface area contributed by atoms with Gasteiger partial charge in [0.1, 0.15) is 29.6 Å². The van der Waals surface area contributed by atoms with E-state index in [9.17, 15) is 0 Å². The van der Waals surface area contributed by atoms with Gasteiger partial charge in [-0.05, 0) is 67.9 Å². The van der Waals surface area contributed by atoms with E-state index in [2.05, 4.69) is 50.5 Å². The van der Waals surface area contributed by atoms with Crippen LogP contribution in [-0.2, 0) is 12.5 Å². The Balaban J connectivity index is 1.91. The van der Waals surface area contributed by atoms with Gasteiger partial charge in [0.05, 0.1) is 18.3 Å². The van der Waals surface area contributed by atoms with Gasteiger partial charge in [-0.15, -0.1) is 0 Å². The summed E-state index contributed by atoms with van der Waals surface area (Å²) in [5.74, 6) is 6.18. The van der Waals surface area contributed by atoms with Crippen LogP contribution in [0, 0.1) is 18.8 Å². The number of hydrogen-bond acceptors (Lipinski definition) is 3. The number of allylic oxidation sites excluding steroid dienone is 1. The van der Waals surface area contributed by atoms with Crippen LogP contribution in [0.5, 0.6) is 0 Å². The van der Waals surface area contributed by atoms with E-state index in [4.69, 9.17) is 12.5 Å². The van der Waals surface area contributed by atoms with Gasteiger partial charge < -0.3 is 12.5 Å². The molecule has 148 valence electrons. The summed E-state index contributed by atoms with van der Waals surface area (Å²) < 4.78 is 16.6. The van der Waals surface area contributed by atoms with E-state index >= 15 is 0 Å². The monoisotopic (exact) mass is 482 g/mol. The standard InChI is InChI=1S/C23H31IO3/c1-5-7-21(27-23-15-22(16-23)25-4)10-9-18(3)20-13-17(2)12-19(14-20)8-6-11-26-24/h12-14,21-23H,3,5,7,9-11,15-16H2,1-2,4H3. The van der Waals surface area contributed by atoms with Crippen molar-refractivity contribution in [2.75, 3.05) is 13.7 Å². The van der Waals surface area contributed by atoms with Crippen molar-refractivity contribution in [3.63, 3.8) is 0 Å². The number of hydrogen-bond donors (Lipinski definition) is 0. The van der Waals surface area contributed by atoms with Gasteiger partial charge in [-0.1, -0.05) is 37.8 Å². The molecule has 1 aliphatic rings. The molecule has 1 atom stereocenters. The largest absolute Gasteiger partial charge is 0.381 e. The van der Waals surface area contributed by atoms with Crippen LogP contribution in [0.3, 0.4) is 0 Å². The van der Waals surface area contributed by atoms with Crippen molar-refractivity contribution >= 4 is 28.6 Å². The third-order valence-electron chi connectivity index (χ3n) is 4.99. The van der Waals surface area contributed by atoms with E-state index in [0.717, 1.165) is 49.7 Å². The Morgan fingerprint density at radius 2 is 2.04 bits per heavy atom. The van der Waals surface area contributed by atoms with Crippen LogP contribution in [0.15, 0.2) is 24.8 Å². The highest BCUT2D eigenvalue weighted by Crippen LogP contribution is 2.30. The Labute approximate surface area is 178 Å². The fourth-order valence-electron chi connectivity index (χ4n) is 3.40. The van der Waals surface area contributed by atoms with Gasteiger partial charge in [0.2, 0.25) is 0 Å². The van der Waals surface area contributed by atoms with E-state index in [-0.39, 0.29) is 0 Å². The van der Waals surface area contributed by atoms with Gasteiger partial charge in [-0.3, -0.25) is 0 Å². The summed E-state index contributed by atoms with van der Waals surface area (Å²) in [5, 5.41) is 0. The fraction of sp³-hybridized carbons (Fsp3) is 0.565. The van der Waals surface area contributed by atoms with Crippen LogP contribution in [0.1, 0.15) is 62.1 Å². The number of halogens is 1. The zero-order valence-corrected chi connectivity index (χ0v) is 18.9. The lowest BCUT2D eigenvalue weighted by molar-refractivity contribution is -0.118. The second kappa shape index (κ2) is 11.9. The van der Waals surface area contributed by atoms with Gasteiger partial charge in [0.25, 0.3) is 0 Å². The molecule has 0 bridgehead atoms. The summed E-state index contributed by atoms with van der Waals surface area (Å²) in [6, 6.07) is 6.41. The van der Waals surface area contributed by atoms with Gasteiger partial charge in [-0.2, -0.15) is 0 Å². The molecule has 1 unspecified atom stereocenters. The van der Waals surface area contributed by atoms with Crippen molar-refractivity contribution < 1.29 is 12.5 Å². The Hall–Kier alpha value is -0.870. The smallest absolute Gasteiger partial charge is 0.120 e. The molecule has 0 spiro atoms. The zero-order chi connectivity index (χ0) is 19.6. The zero-order valence-electron chi connectivity index (χ0n) is 16.7. The fourth-order valence-corrected chi connectivity index (χ4v) is 3.56. The molecule has 1 aliphatic carbocycles. The van der Waals surface area contributed by atoms with Crippen molar-refractivity contribution in [1.29, 1.82) is 0 Å². The average Bonchev–Trinajstić information content (AvgIpc) is 2.61. The molecule has 2 rings (SSSR count). The van der Waals surface area contributed by atoms with Crippen LogP contribution in [0.25, 0.3) is 5.57 Å². The first-order valence-electron chi connectivity index (χ1n) is 9.76. The summed E-state index contributed by atoms with van der Waals surface area (Å²) in [5.41, 5.74) is 4.55. The molecule has 0 radical (unpaired) electrons. The Bertz CT molecular complexity index is 668. The molecule has 0 amide bonds. The Morgan fingerprint density at radius 1 is 1.26 bits per heavy atom. The number of rotatable bonds is 10. The van der Waals surface area contributed by atoms with E-state index in [1.807, 2.05) is 23.0 Å². The number of methoxy groups -OCH3 is 1. The van der Waals surface area contributed by atoms with Crippen molar-refractivity contribution in [1.82, 2.24) is 0 Å². The quantitative estimate of drug-likeness (QED) is 0.309. The molecule has 1 aromatic rings. The van der Waals surface area contributed by atoms with E-state index in [0.29, 0.717) is 24.9 Å². The second-order valence-corrected chi connectivity index (χ2v) is 7.91. The summed E-state index contributed by atoms with van der Waals surface area (Å²) in [7, 11) is 1.78. The normalized spacial score (nSPS) is 19.7. The minimum absolute atomic E-state index is 0.305. The second-order valence-electron chi connectivity index (χ2n) is 7.28. The summed E-state index contributed by atoms with van der Waals surface area (Å²) >= 11 is 1.86. The molecule has 1 saturated carbocycles. The first-order chi connectivity index (χ1) is 13.0. The average molecular weight is 482 g/mol. The van der Waals surface area contributed by atoms with Crippen molar-refractivity contribution in [2.45, 2.75) is 70.7 Å². The first kappa shape index (κ1) is 22.4. The molecule has 0 N–H and O–H groups in total. The van der Waals surface area contributed by atoms with Crippen molar-refractivity contribution in [3.05, 3.63) is 41.5 Å². The molecule has 3 nitrogen and oxygen atoms in total. The van der Waals surface area contributed by atoms with Crippen LogP contribution < -0.4 is 0 Å². The topological polar surface area (TPSA) is 27.7 Å². The maximum Gasteiger partial charge on any atom is 0.120 e. The molecule has 27 heavy (non-hydrogen) atoms. The maximum atomic E-state index is 6.30. The van der Waals surface area contributed by atoms with E-state index < -0.39 is 0 Å². The minimum Gasteiger partial charge on any atom is -0.381 e. The SMILES string of the molecule is C=C(CCC(CCC)OC1CC(OC)C1)c1cc(C)cc(C#CCOI)c1. The van der Waals surface area contributed by atoms with Gasteiger partial charge in [0.15, 0.2) is 0 Å².